The number of carboxylic acids is 1. The molecule has 116 valence electrons. The van der Waals surface area contributed by atoms with Crippen LogP contribution in [-0.4, -0.2) is 29.1 Å². The van der Waals surface area contributed by atoms with Gasteiger partial charge in [-0.2, -0.15) is 0 Å². The first-order chi connectivity index (χ1) is 10.5. The van der Waals surface area contributed by atoms with Gasteiger partial charge in [-0.3, -0.25) is 4.79 Å². The molecule has 0 aliphatic rings. The van der Waals surface area contributed by atoms with Crippen molar-refractivity contribution in [2.75, 3.05) is 7.11 Å². The number of nitrogens with one attached hydrogen (secondary N) is 1. The van der Waals surface area contributed by atoms with Gasteiger partial charge in [-0.15, -0.1) is 11.3 Å². The molecular formula is C15H16N2O4S. The van der Waals surface area contributed by atoms with Gasteiger partial charge in [0.05, 0.1) is 6.54 Å². The highest BCUT2D eigenvalue weighted by Crippen LogP contribution is 2.24. The predicted molar refractivity (Wildman–Crippen MR) is 81.7 cm³/mol. The van der Waals surface area contributed by atoms with E-state index in [1.165, 1.54) is 23.8 Å². The van der Waals surface area contributed by atoms with Crippen molar-refractivity contribution in [1.82, 2.24) is 10.3 Å². The number of methoxy groups -OCH3 is 1. The van der Waals surface area contributed by atoms with Gasteiger partial charge in [0.1, 0.15) is 5.01 Å². The van der Waals surface area contributed by atoms with E-state index in [-0.39, 0.29) is 18.1 Å². The number of thiazole rings is 1. The third kappa shape index (κ3) is 3.32. The largest absolute Gasteiger partial charge is 0.476 e. The topological polar surface area (TPSA) is 88.5 Å². The summed E-state index contributed by atoms with van der Waals surface area (Å²) in [6.45, 7) is 1.84. The first-order valence-electron chi connectivity index (χ1n) is 6.54. The van der Waals surface area contributed by atoms with E-state index in [1.54, 1.807) is 6.92 Å². The standard InChI is InChI=1S/C15H16N2O4S/c1-15(21-2,10-6-4-3-5-7-10)14(20)16-8-12-17-11(9-22-12)13(18)19/h3-7,9H,8H2,1-2H3,(H,16,20)(H,18,19). The minimum atomic E-state index is -1.12. The summed E-state index contributed by atoms with van der Waals surface area (Å²) in [5, 5.41) is 13.5. The molecule has 0 bridgehead atoms. The van der Waals surface area contributed by atoms with Crippen molar-refractivity contribution < 1.29 is 19.4 Å². The van der Waals surface area contributed by atoms with Crippen LogP contribution in [-0.2, 0) is 21.7 Å². The van der Waals surface area contributed by atoms with E-state index in [4.69, 9.17) is 9.84 Å². The second-order valence-corrected chi connectivity index (χ2v) is 5.66. The summed E-state index contributed by atoms with van der Waals surface area (Å²) in [7, 11) is 1.47. The van der Waals surface area contributed by atoms with Gasteiger partial charge in [0.15, 0.2) is 11.3 Å². The molecule has 1 amide bonds. The van der Waals surface area contributed by atoms with Crippen LogP contribution in [0.1, 0.15) is 28.0 Å². The molecule has 1 aromatic heterocycles. The number of carbonyl (C=O) groups excluding carboxylic acids is 1. The van der Waals surface area contributed by atoms with Crippen LogP contribution >= 0.6 is 11.3 Å². The molecule has 7 heteroatoms. The predicted octanol–water partition coefficient (Wildman–Crippen LogP) is 2.02. The molecule has 2 rings (SSSR count). The first kappa shape index (κ1) is 16.1. The Labute approximate surface area is 131 Å². The lowest BCUT2D eigenvalue weighted by Crippen LogP contribution is -2.43. The number of carboxylic acid groups (broad SMARTS) is 1. The number of hydrogen-bond acceptors (Lipinski definition) is 5. The molecule has 1 atom stereocenters. The third-order valence-electron chi connectivity index (χ3n) is 3.34. The summed E-state index contributed by atoms with van der Waals surface area (Å²) < 4.78 is 5.39. The molecule has 6 nitrogen and oxygen atoms in total. The monoisotopic (exact) mass is 320 g/mol. The molecule has 0 aliphatic carbocycles. The Morgan fingerprint density at radius 3 is 2.59 bits per heavy atom. The third-order valence-corrected chi connectivity index (χ3v) is 4.19. The molecule has 2 aromatic rings. The van der Waals surface area contributed by atoms with Crippen LogP contribution in [0.15, 0.2) is 35.7 Å². The zero-order valence-corrected chi connectivity index (χ0v) is 13.0. The SMILES string of the molecule is COC(C)(C(=O)NCc1nc(C(=O)O)cs1)c1ccccc1. The summed E-state index contributed by atoms with van der Waals surface area (Å²) in [4.78, 5) is 27.1. The van der Waals surface area contributed by atoms with Gasteiger partial charge in [0, 0.05) is 12.5 Å². The number of ether oxygens (including phenoxy) is 1. The van der Waals surface area contributed by atoms with E-state index in [0.29, 0.717) is 5.01 Å². The number of aromatic carboxylic acids is 1. The Hall–Kier alpha value is -2.25. The summed E-state index contributed by atoms with van der Waals surface area (Å²) in [5.74, 6) is -1.40. The Kier molecular flexibility index (Phi) is 4.89. The van der Waals surface area contributed by atoms with Crippen LogP contribution in [0.5, 0.6) is 0 Å². The average molecular weight is 320 g/mol. The van der Waals surface area contributed by atoms with Crippen molar-refractivity contribution >= 4 is 23.2 Å². The van der Waals surface area contributed by atoms with Crippen molar-refractivity contribution in [1.29, 1.82) is 0 Å². The number of benzene rings is 1. The van der Waals surface area contributed by atoms with Crippen LogP contribution in [0.4, 0.5) is 0 Å². The fourth-order valence-corrected chi connectivity index (χ4v) is 2.62. The molecule has 22 heavy (non-hydrogen) atoms. The van der Waals surface area contributed by atoms with E-state index in [0.717, 1.165) is 5.56 Å². The lowest BCUT2D eigenvalue weighted by atomic mass is 9.95. The summed E-state index contributed by atoms with van der Waals surface area (Å²) >= 11 is 1.19. The maximum atomic E-state index is 12.4. The van der Waals surface area contributed by atoms with Crippen molar-refractivity contribution in [3.05, 3.63) is 52.0 Å². The fraction of sp³-hybridized carbons (Fsp3) is 0.267. The number of hydrogen-bond donors (Lipinski definition) is 2. The van der Waals surface area contributed by atoms with Gasteiger partial charge in [-0.05, 0) is 12.5 Å². The fourth-order valence-electron chi connectivity index (χ4n) is 1.91. The van der Waals surface area contributed by atoms with Crippen LogP contribution in [0.25, 0.3) is 0 Å². The molecule has 0 saturated carbocycles. The lowest BCUT2D eigenvalue weighted by molar-refractivity contribution is -0.142. The Balaban J connectivity index is 2.08. The van der Waals surface area contributed by atoms with Crippen LogP contribution in [0, 0.1) is 0 Å². The number of amides is 1. The minimum absolute atomic E-state index is 0.0215. The highest BCUT2D eigenvalue weighted by atomic mass is 32.1. The highest BCUT2D eigenvalue weighted by Gasteiger charge is 2.34. The van der Waals surface area contributed by atoms with E-state index in [1.807, 2.05) is 30.3 Å². The number of carbonyl (C=O) groups is 2. The maximum absolute atomic E-state index is 12.4. The van der Waals surface area contributed by atoms with E-state index >= 15 is 0 Å². The van der Waals surface area contributed by atoms with Gasteiger partial charge in [-0.25, -0.2) is 9.78 Å². The van der Waals surface area contributed by atoms with Crippen LogP contribution in [0.3, 0.4) is 0 Å². The molecule has 1 aromatic carbocycles. The number of aromatic nitrogens is 1. The van der Waals surface area contributed by atoms with E-state index in [2.05, 4.69) is 10.3 Å². The first-order valence-corrected chi connectivity index (χ1v) is 7.42. The van der Waals surface area contributed by atoms with Crippen molar-refractivity contribution in [3.63, 3.8) is 0 Å². The van der Waals surface area contributed by atoms with Gasteiger partial charge in [0.2, 0.25) is 0 Å². The molecule has 0 saturated heterocycles. The van der Waals surface area contributed by atoms with Crippen molar-refractivity contribution in [2.24, 2.45) is 0 Å². The van der Waals surface area contributed by atoms with Crippen molar-refractivity contribution in [2.45, 2.75) is 19.1 Å². The zero-order chi connectivity index (χ0) is 16.2. The maximum Gasteiger partial charge on any atom is 0.355 e. The van der Waals surface area contributed by atoms with Crippen LogP contribution in [0.2, 0.25) is 0 Å². The second kappa shape index (κ2) is 6.67. The van der Waals surface area contributed by atoms with Crippen molar-refractivity contribution in [3.8, 4) is 0 Å². The van der Waals surface area contributed by atoms with E-state index in [9.17, 15) is 9.59 Å². The zero-order valence-electron chi connectivity index (χ0n) is 12.2. The molecule has 1 heterocycles. The molecule has 0 radical (unpaired) electrons. The average Bonchev–Trinajstić information content (AvgIpc) is 3.02. The summed E-state index contributed by atoms with van der Waals surface area (Å²) in [6.07, 6.45) is 0. The Morgan fingerprint density at radius 2 is 2.05 bits per heavy atom. The van der Waals surface area contributed by atoms with Gasteiger partial charge in [-0.1, -0.05) is 30.3 Å². The molecular weight excluding hydrogens is 304 g/mol. The summed E-state index contributed by atoms with van der Waals surface area (Å²) in [6, 6.07) is 9.16. The smallest absolute Gasteiger partial charge is 0.355 e. The molecule has 0 aliphatic heterocycles. The Morgan fingerprint density at radius 1 is 1.36 bits per heavy atom. The minimum Gasteiger partial charge on any atom is -0.476 e. The number of nitrogens with zero attached hydrogens (tertiary/aromatic N) is 1. The molecule has 2 N–H and O–H groups in total. The van der Waals surface area contributed by atoms with E-state index < -0.39 is 11.6 Å². The van der Waals surface area contributed by atoms with Gasteiger partial charge >= 0.3 is 5.97 Å². The second-order valence-electron chi connectivity index (χ2n) is 4.72. The molecule has 1 unspecified atom stereocenters. The Bertz CT molecular complexity index is 671. The normalized spacial score (nSPS) is 13.4. The number of rotatable bonds is 6. The highest BCUT2D eigenvalue weighted by molar-refractivity contribution is 7.09. The lowest BCUT2D eigenvalue weighted by Gasteiger charge is -2.27. The molecule has 0 fully saturated rings. The summed E-state index contributed by atoms with van der Waals surface area (Å²) in [5.41, 5.74) is -0.402. The quantitative estimate of drug-likeness (QED) is 0.850. The van der Waals surface area contributed by atoms with Crippen LogP contribution < -0.4 is 5.32 Å². The van der Waals surface area contributed by atoms with Gasteiger partial charge < -0.3 is 15.2 Å². The van der Waals surface area contributed by atoms with Gasteiger partial charge in [0.25, 0.3) is 5.91 Å². The molecule has 0 spiro atoms.